The summed E-state index contributed by atoms with van der Waals surface area (Å²) in [6.07, 6.45) is 0. The monoisotopic (exact) mass is 305 g/mol. The summed E-state index contributed by atoms with van der Waals surface area (Å²) in [5, 5.41) is 22.6. The third-order valence-electron chi connectivity index (χ3n) is 2.79. The Morgan fingerprint density at radius 1 is 1.33 bits per heavy atom. The number of hydrogen-bond acceptors (Lipinski definition) is 4. The number of nitro groups is 1. The van der Waals surface area contributed by atoms with Crippen LogP contribution in [0.5, 0.6) is 0 Å². The number of benzene rings is 2. The molecular weight excluding hydrogens is 297 g/mol. The van der Waals surface area contributed by atoms with E-state index in [0.717, 1.165) is 0 Å². The molecule has 0 aliphatic rings. The lowest BCUT2D eigenvalue weighted by atomic mass is 10.1. The zero-order valence-electron chi connectivity index (χ0n) is 10.6. The molecule has 0 aliphatic heterocycles. The van der Waals surface area contributed by atoms with Gasteiger partial charge in [-0.05, 0) is 29.8 Å². The summed E-state index contributed by atoms with van der Waals surface area (Å²) >= 11 is 5.72. The van der Waals surface area contributed by atoms with E-state index in [9.17, 15) is 14.5 Å². The molecular formula is C14H9ClFN3O2. The van der Waals surface area contributed by atoms with Gasteiger partial charge in [-0.25, -0.2) is 4.39 Å². The Morgan fingerprint density at radius 2 is 2.10 bits per heavy atom. The number of anilines is 1. The topological polar surface area (TPSA) is 79.0 Å². The van der Waals surface area contributed by atoms with E-state index in [1.807, 2.05) is 0 Å². The van der Waals surface area contributed by atoms with Gasteiger partial charge in [0.15, 0.2) is 0 Å². The van der Waals surface area contributed by atoms with Crippen LogP contribution in [-0.2, 0) is 6.54 Å². The van der Waals surface area contributed by atoms with Crippen molar-refractivity contribution in [3.63, 3.8) is 0 Å². The van der Waals surface area contributed by atoms with Crippen molar-refractivity contribution in [2.75, 3.05) is 5.32 Å². The van der Waals surface area contributed by atoms with Gasteiger partial charge >= 0.3 is 0 Å². The van der Waals surface area contributed by atoms with Crippen LogP contribution in [0, 0.1) is 27.3 Å². The van der Waals surface area contributed by atoms with Crippen LogP contribution in [0.2, 0.25) is 5.02 Å². The van der Waals surface area contributed by atoms with E-state index < -0.39 is 10.7 Å². The fourth-order valence-electron chi connectivity index (χ4n) is 1.73. The zero-order valence-corrected chi connectivity index (χ0v) is 11.4. The number of nitriles is 1. The Bertz CT molecular complexity index is 743. The maximum Gasteiger partial charge on any atom is 0.289 e. The van der Waals surface area contributed by atoms with E-state index in [1.54, 1.807) is 12.1 Å². The molecule has 2 aromatic carbocycles. The highest BCUT2D eigenvalue weighted by atomic mass is 35.5. The number of hydrogen-bond donors (Lipinski definition) is 1. The second-order valence-electron chi connectivity index (χ2n) is 4.20. The standard InChI is InChI=1S/C14H9ClFN3O2/c15-12-3-2-11(6-14(12)19(20)21)18-8-9-1-4-13(16)10(5-9)7-17/h1-6,18H,8H2. The molecule has 5 nitrogen and oxygen atoms in total. The highest BCUT2D eigenvalue weighted by Gasteiger charge is 2.12. The normalized spacial score (nSPS) is 9.95. The minimum absolute atomic E-state index is 0.0450. The zero-order chi connectivity index (χ0) is 15.4. The van der Waals surface area contributed by atoms with Crippen LogP contribution >= 0.6 is 11.6 Å². The van der Waals surface area contributed by atoms with Gasteiger partial charge in [0.05, 0.1) is 10.5 Å². The molecule has 0 heterocycles. The Balaban J connectivity index is 2.15. The van der Waals surface area contributed by atoms with Gasteiger partial charge in [0, 0.05) is 18.3 Å². The number of nitrogens with zero attached hydrogens (tertiary/aromatic N) is 2. The van der Waals surface area contributed by atoms with Crippen molar-refractivity contribution in [1.29, 1.82) is 5.26 Å². The van der Waals surface area contributed by atoms with E-state index in [1.165, 1.54) is 30.3 Å². The number of nitrogens with one attached hydrogen (secondary N) is 1. The van der Waals surface area contributed by atoms with Crippen molar-refractivity contribution in [1.82, 2.24) is 0 Å². The van der Waals surface area contributed by atoms with E-state index >= 15 is 0 Å². The molecule has 0 amide bonds. The molecule has 0 unspecified atom stereocenters. The predicted octanol–water partition coefficient (Wildman–Crippen LogP) is 3.87. The molecule has 0 spiro atoms. The SMILES string of the molecule is N#Cc1cc(CNc2ccc(Cl)c([N+](=O)[O-])c2)ccc1F. The molecule has 2 rings (SSSR count). The van der Waals surface area contributed by atoms with Crippen LogP contribution in [-0.4, -0.2) is 4.92 Å². The first-order valence-corrected chi connectivity index (χ1v) is 6.25. The first-order chi connectivity index (χ1) is 10.0. The maximum atomic E-state index is 13.2. The van der Waals surface area contributed by atoms with Crippen LogP contribution in [0.1, 0.15) is 11.1 Å². The fourth-order valence-corrected chi connectivity index (χ4v) is 1.92. The molecule has 21 heavy (non-hydrogen) atoms. The third-order valence-corrected chi connectivity index (χ3v) is 3.11. The number of halogens is 2. The lowest BCUT2D eigenvalue weighted by Gasteiger charge is -2.07. The van der Waals surface area contributed by atoms with Gasteiger partial charge in [-0.15, -0.1) is 0 Å². The Kier molecular flexibility index (Phi) is 4.36. The fraction of sp³-hybridized carbons (Fsp3) is 0.0714. The maximum absolute atomic E-state index is 13.2. The van der Waals surface area contributed by atoms with Crippen molar-refractivity contribution >= 4 is 23.0 Å². The van der Waals surface area contributed by atoms with Crippen molar-refractivity contribution in [3.8, 4) is 6.07 Å². The molecule has 7 heteroatoms. The summed E-state index contributed by atoms with van der Waals surface area (Å²) in [5.74, 6) is -0.580. The summed E-state index contributed by atoms with van der Waals surface area (Å²) in [7, 11) is 0. The Hall–Kier alpha value is -2.65. The Morgan fingerprint density at radius 3 is 2.76 bits per heavy atom. The van der Waals surface area contributed by atoms with Crippen molar-refractivity contribution < 1.29 is 9.31 Å². The van der Waals surface area contributed by atoms with Gasteiger partial charge in [-0.2, -0.15) is 5.26 Å². The first kappa shape index (κ1) is 14.8. The van der Waals surface area contributed by atoms with Gasteiger partial charge in [-0.3, -0.25) is 10.1 Å². The Labute approximate surface area is 124 Å². The second kappa shape index (κ2) is 6.20. The van der Waals surface area contributed by atoms with Crippen molar-refractivity contribution in [2.45, 2.75) is 6.54 Å². The molecule has 2 aromatic rings. The van der Waals surface area contributed by atoms with Crippen LogP contribution in [0.15, 0.2) is 36.4 Å². The second-order valence-corrected chi connectivity index (χ2v) is 4.61. The highest BCUT2D eigenvalue weighted by molar-refractivity contribution is 6.32. The quantitative estimate of drug-likeness (QED) is 0.687. The van der Waals surface area contributed by atoms with Crippen LogP contribution in [0.25, 0.3) is 0 Å². The third kappa shape index (κ3) is 3.46. The van der Waals surface area contributed by atoms with Gasteiger partial charge in [0.1, 0.15) is 16.9 Å². The van der Waals surface area contributed by atoms with Crippen LogP contribution in [0.4, 0.5) is 15.8 Å². The van der Waals surface area contributed by atoms with E-state index in [-0.39, 0.29) is 16.3 Å². The van der Waals surface area contributed by atoms with Gasteiger partial charge in [-0.1, -0.05) is 17.7 Å². The summed E-state index contributed by atoms with van der Waals surface area (Å²) in [6, 6.07) is 10.3. The van der Waals surface area contributed by atoms with E-state index in [4.69, 9.17) is 16.9 Å². The highest BCUT2D eigenvalue weighted by Crippen LogP contribution is 2.27. The molecule has 1 N–H and O–H groups in total. The molecule has 0 atom stereocenters. The van der Waals surface area contributed by atoms with Crippen LogP contribution in [0.3, 0.4) is 0 Å². The molecule has 0 saturated carbocycles. The minimum atomic E-state index is -0.580. The lowest BCUT2D eigenvalue weighted by molar-refractivity contribution is -0.384. The molecule has 0 saturated heterocycles. The van der Waals surface area contributed by atoms with Gasteiger partial charge in [0.25, 0.3) is 5.69 Å². The van der Waals surface area contributed by atoms with E-state index in [2.05, 4.69) is 5.32 Å². The van der Waals surface area contributed by atoms with Gasteiger partial charge < -0.3 is 5.32 Å². The average Bonchev–Trinajstić information content (AvgIpc) is 2.47. The first-order valence-electron chi connectivity index (χ1n) is 5.87. The average molecular weight is 306 g/mol. The smallest absolute Gasteiger partial charge is 0.289 e. The number of nitro benzene ring substituents is 1. The van der Waals surface area contributed by atoms with Crippen LogP contribution < -0.4 is 5.32 Å². The molecule has 0 aromatic heterocycles. The van der Waals surface area contributed by atoms with Gasteiger partial charge in [0.2, 0.25) is 0 Å². The minimum Gasteiger partial charge on any atom is -0.381 e. The van der Waals surface area contributed by atoms with Crippen molar-refractivity contribution in [3.05, 3.63) is 68.5 Å². The predicted molar refractivity (Wildman–Crippen MR) is 76.5 cm³/mol. The summed E-state index contributed by atoms with van der Waals surface area (Å²) < 4.78 is 13.2. The molecule has 0 radical (unpaired) electrons. The molecule has 106 valence electrons. The summed E-state index contributed by atoms with van der Waals surface area (Å²) in [6.45, 7) is 0.299. The van der Waals surface area contributed by atoms with E-state index in [0.29, 0.717) is 17.8 Å². The lowest BCUT2D eigenvalue weighted by Crippen LogP contribution is -2.01. The largest absolute Gasteiger partial charge is 0.381 e. The molecule has 0 aliphatic carbocycles. The molecule has 0 bridgehead atoms. The summed E-state index contributed by atoms with van der Waals surface area (Å²) in [5.41, 5.74) is 0.953. The summed E-state index contributed by atoms with van der Waals surface area (Å²) in [4.78, 5) is 10.2. The van der Waals surface area contributed by atoms with Crippen molar-refractivity contribution in [2.24, 2.45) is 0 Å². The number of rotatable bonds is 4. The molecule has 0 fully saturated rings.